The van der Waals surface area contributed by atoms with Crippen LogP contribution < -0.4 is 0 Å². The van der Waals surface area contributed by atoms with Gasteiger partial charge in [-0.05, 0) is 226 Å². The van der Waals surface area contributed by atoms with Crippen molar-refractivity contribution in [3.05, 3.63) is 0 Å². The number of aliphatic hydroxyl groups is 1. The highest BCUT2D eigenvalue weighted by Crippen LogP contribution is 2.71. The van der Waals surface area contributed by atoms with Crippen molar-refractivity contribution in [2.75, 3.05) is 0 Å². The quantitative estimate of drug-likeness (QED) is 0.107. The first kappa shape index (κ1) is 60.5. The normalized spacial score (nSPS) is 37.1. The molecule has 10 aliphatic rings. The van der Waals surface area contributed by atoms with Gasteiger partial charge in [0.1, 0.15) is 22.9 Å². The van der Waals surface area contributed by atoms with Crippen LogP contribution >= 0.6 is 0 Å². The van der Waals surface area contributed by atoms with Gasteiger partial charge in [-0.1, -0.05) is 62.3 Å². The Morgan fingerprint density at radius 2 is 1.07 bits per heavy atom. The van der Waals surface area contributed by atoms with E-state index in [2.05, 4.69) is 34.6 Å². The molecule has 1 aliphatic heterocycles. The summed E-state index contributed by atoms with van der Waals surface area (Å²) in [7, 11) is 0. The number of cyclic esters (lactones) is 1. The molecular weight excluding hydrogens is 933 g/mol. The van der Waals surface area contributed by atoms with Crippen molar-refractivity contribution in [1.82, 2.24) is 0 Å². The van der Waals surface area contributed by atoms with Crippen LogP contribution in [0.25, 0.3) is 0 Å². The SMILES string of the molecule is CCC(C)(C)C(=O)OC1(C(C)(C)C)CCCC1.CCC(C)(C)C(=O)OC1(CC)CC2CC1C1C3CCC(C3)C21.CCC(C)(C)C(=O)OC12CC3CC(CC(O)(C3)C1)C2.CCC(C)(C)C(=O)OC1C(=O)OC(C)C1C. The predicted octanol–water partition coefficient (Wildman–Crippen LogP) is 14.1. The zero-order valence-corrected chi connectivity index (χ0v) is 50.0. The Balaban J connectivity index is 0.000000162. The van der Waals surface area contributed by atoms with Gasteiger partial charge in [0, 0.05) is 23.7 Å². The summed E-state index contributed by atoms with van der Waals surface area (Å²) >= 11 is 0. The Morgan fingerprint density at radius 3 is 1.51 bits per heavy atom. The van der Waals surface area contributed by atoms with Crippen molar-refractivity contribution in [2.45, 2.75) is 288 Å². The van der Waals surface area contributed by atoms with Crippen LogP contribution in [0, 0.1) is 80.3 Å². The van der Waals surface area contributed by atoms with E-state index < -0.39 is 28.5 Å². The smallest absolute Gasteiger partial charge is 0.348 e. The van der Waals surface area contributed by atoms with E-state index in [1.807, 2.05) is 83.1 Å². The molecule has 1 saturated heterocycles. The monoisotopic (exact) mass is 1040 g/mol. The van der Waals surface area contributed by atoms with E-state index in [0.29, 0.717) is 30.6 Å². The summed E-state index contributed by atoms with van der Waals surface area (Å²) in [6.07, 6.45) is 20.2. The zero-order chi connectivity index (χ0) is 55.4. The average Bonchev–Trinajstić information content (AvgIpc) is 4.20. The molecule has 0 radical (unpaired) electrons. The van der Waals surface area contributed by atoms with E-state index in [9.17, 15) is 29.1 Å². The predicted molar refractivity (Wildman–Crippen MR) is 289 cm³/mol. The molecule has 11 heteroatoms. The van der Waals surface area contributed by atoms with Gasteiger partial charge in [-0.3, -0.25) is 19.2 Å². The minimum absolute atomic E-state index is 0.0307. The Morgan fingerprint density at radius 1 is 0.595 bits per heavy atom. The highest BCUT2D eigenvalue weighted by atomic mass is 16.6. The second-order valence-electron chi connectivity index (χ2n) is 29.5. The standard InChI is InChI=1S/C20H32O2.C16H26O3.C15H28O2.C12H20O4/c1-5-19(3,4)18(21)22-20(6-2)11-14-10-15(20)17-13-8-7-12(9-13)16(14)17;1-4-14(2,3)13(17)19-16-8-11-5-12(9-16)7-15(18,6-11)10-16;1-7-14(5,6)12(16)17-15(13(2,3)4)10-8-9-11-15;1-6-12(4,5)11(14)16-9-7(2)8(3)15-10(9)13/h12-17H,5-11H2,1-4H3;11-12,18H,4-10H2,1-3H3;7-11H2,1-6H3;7-9H,6H2,1-5H3. The molecule has 11 nitrogen and oxygen atoms in total. The summed E-state index contributed by atoms with van der Waals surface area (Å²) in [4.78, 5) is 60.7. The van der Waals surface area contributed by atoms with Gasteiger partial charge >= 0.3 is 29.8 Å². The van der Waals surface area contributed by atoms with E-state index in [1.54, 1.807) is 6.92 Å². The Labute approximate surface area is 449 Å². The van der Waals surface area contributed by atoms with Gasteiger partial charge < -0.3 is 28.8 Å². The highest BCUT2D eigenvalue weighted by Gasteiger charge is 2.68. The van der Waals surface area contributed by atoms with E-state index in [1.165, 1.54) is 44.9 Å². The van der Waals surface area contributed by atoms with Crippen LogP contribution in [0.1, 0.15) is 253 Å². The zero-order valence-electron chi connectivity index (χ0n) is 50.0. The molecule has 74 heavy (non-hydrogen) atoms. The lowest BCUT2D eigenvalue weighted by Gasteiger charge is -2.59. The number of esters is 5. The van der Waals surface area contributed by atoms with Gasteiger partial charge in [-0.15, -0.1) is 0 Å². The van der Waals surface area contributed by atoms with Crippen LogP contribution in [0.3, 0.4) is 0 Å². The lowest BCUT2D eigenvalue weighted by atomic mass is 9.52. The van der Waals surface area contributed by atoms with E-state index in [0.717, 1.165) is 100 Å². The summed E-state index contributed by atoms with van der Waals surface area (Å²) in [5.41, 5.74) is -2.90. The van der Waals surface area contributed by atoms with Crippen molar-refractivity contribution in [3.8, 4) is 0 Å². The van der Waals surface area contributed by atoms with Crippen LogP contribution in [0.2, 0.25) is 0 Å². The molecular formula is C63H106O11. The molecule has 1 N–H and O–H groups in total. The van der Waals surface area contributed by atoms with Crippen LogP contribution in [-0.2, 0) is 47.7 Å². The highest BCUT2D eigenvalue weighted by molar-refractivity contribution is 5.83. The summed E-state index contributed by atoms with van der Waals surface area (Å²) in [6.45, 7) is 36.1. The van der Waals surface area contributed by atoms with Crippen molar-refractivity contribution < 1.29 is 52.8 Å². The number of ether oxygens (including phenoxy) is 5. The molecule has 0 aromatic carbocycles. The van der Waals surface area contributed by atoms with Crippen LogP contribution in [0.5, 0.6) is 0 Å². The minimum Gasteiger partial charge on any atom is -0.459 e. The molecule has 10 fully saturated rings. The fraction of sp³-hybridized carbons (Fsp3) is 0.921. The number of rotatable bonds is 13. The molecule has 8 bridgehead atoms. The third-order valence-electron chi connectivity index (χ3n) is 21.9. The van der Waals surface area contributed by atoms with E-state index >= 15 is 0 Å². The second kappa shape index (κ2) is 21.9. The first-order chi connectivity index (χ1) is 34.1. The van der Waals surface area contributed by atoms with Crippen molar-refractivity contribution >= 4 is 29.8 Å². The molecule has 424 valence electrons. The number of carbonyl (C=O) groups excluding carboxylic acids is 5. The van der Waals surface area contributed by atoms with Gasteiger partial charge in [0.15, 0.2) is 0 Å². The topological polar surface area (TPSA) is 152 Å². The van der Waals surface area contributed by atoms with E-state index in [-0.39, 0.29) is 68.9 Å². The third-order valence-corrected chi connectivity index (χ3v) is 21.9. The fourth-order valence-electron chi connectivity index (χ4n) is 15.3. The summed E-state index contributed by atoms with van der Waals surface area (Å²) in [5.74, 6) is 5.56. The van der Waals surface area contributed by atoms with Gasteiger partial charge in [-0.25, -0.2) is 4.79 Å². The minimum atomic E-state index is -0.742. The number of hydrogen-bond acceptors (Lipinski definition) is 11. The molecule has 0 aromatic rings. The van der Waals surface area contributed by atoms with Crippen LogP contribution in [-0.4, -0.2) is 69.6 Å². The van der Waals surface area contributed by atoms with Gasteiger partial charge in [0.25, 0.3) is 0 Å². The molecule has 0 aromatic heterocycles. The van der Waals surface area contributed by atoms with Crippen molar-refractivity contribution in [2.24, 2.45) is 80.3 Å². The Bertz CT molecular complexity index is 2000. The number of fused-ring (bicyclic) bond motifs is 9. The molecule has 0 amide bonds. The maximum atomic E-state index is 12.7. The van der Waals surface area contributed by atoms with Crippen LogP contribution in [0.4, 0.5) is 0 Å². The number of carbonyl (C=O) groups is 5. The van der Waals surface area contributed by atoms with Gasteiger partial charge in [0.2, 0.25) is 6.10 Å². The molecule has 0 spiro atoms. The molecule has 12 unspecified atom stereocenters. The molecule has 1 heterocycles. The van der Waals surface area contributed by atoms with Crippen molar-refractivity contribution in [1.29, 1.82) is 0 Å². The number of hydrogen-bond donors (Lipinski definition) is 1. The Kier molecular flexibility index (Phi) is 17.9. The molecule has 9 saturated carbocycles. The Hall–Kier alpha value is -2.69. The first-order valence-electron chi connectivity index (χ1n) is 30.0. The summed E-state index contributed by atoms with van der Waals surface area (Å²) in [6, 6.07) is 0. The van der Waals surface area contributed by atoms with Gasteiger partial charge in [0.05, 0.1) is 27.3 Å². The first-order valence-corrected chi connectivity index (χ1v) is 30.0. The second-order valence-corrected chi connectivity index (χ2v) is 29.5. The van der Waals surface area contributed by atoms with Gasteiger partial charge in [-0.2, -0.15) is 0 Å². The third kappa shape index (κ3) is 12.1. The molecule has 12 atom stereocenters. The molecule has 10 rings (SSSR count). The fourth-order valence-corrected chi connectivity index (χ4v) is 15.3. The maximum Gasteiger partial charge on any atom is 0.348 e. The molecule has 9 aliphatic carbocycles. The van der Waals surface area contributed by atoms with Crippen LogP contribution in [0.15, 0.2) is 0 Å². The maximum absolute atomic E-state index is 12.7. The summed E-state index contributed by atoms with van der Waals surface area (Å²) in [5, 5.41) is 10.6. The average molecular weight is 1040 g/mol. The largest absolute Gasteiger partial charge is 0.459 e. The lowest BCUT2D eigenvalue weighted by molar-refractivity contribution is -0.225. The van der Waals surface area contributed by atoms with Crippen molar-refractivity contribution in [3.63, 3.8) is 0 Å². The summed E-state index contributed by atoms with van der Waals surface area (Å²) < 4.78 is 28.5. The van der Waals surface area contributed by atoms with E-state index in [4.69, 9.17) is 23.7 Å². The lowest BCUT2D eigenvalue weighted by Crippen LogP contribution is -2.61.